The predicted molar refractivity (Wildman–Crippen MR) is 117 cm³/mol. The summed E-state index contributed by atoms with van der Waals surface area (Å²) < 4.78 is 13.0. The second-order valence-corrected chi connectivity index (χ2v) is 8.54. The van der Waals surface area contributed by atoms with E-state index in [-0.39, 0.29) is 24.0 Å². The summed E-state index contributed by atoms with van der Waals surface area (Å²) in [6.45, 7) is 14.2. The maximum atomic E-state index is 5.51. The summed E-state index contributed by atoms with van der Waals surface area (Å²) in [5, 5.41) is 12.7. The standard InChI is InChI=1S/C21H32N6O2.ClH/c1-5-17(20-22-23-24-27(20)21(3,4)6-2)26-11-9-25(10-12-26)14-16-7-8-18-19(13-16)29-15-28-18;/h7-8,13,17H,5-6,9-12,14-15H2,1-4H3;1H. The van der Waals surface area contributed by atoms with Crippen LogP contribution in [0.5, 0.6) is 11.5 Å². The van der Waals surface area contributed by atoms with E-state index in [9.17, 15) is 0 Å². The zero-order chi connectivity index (χ0) is 20.4. The van der Waals surface area contributed by atoms with E-state index in [1.165, 1.54) is 5.56 Å². The lowest BCUT2D eigenvalue weighted by Crippen LogP contribution is -2.48. The van der Waals surface area contributed by atoms with Gasteiger partial charge in [0.05, 0.1) is 11.6 Å². The van der Waals surface area contributed by atoms with Gasteiger partial charge in [0.1, 0.15) is 0 Å². The highest BCUT2D eigenvalue weighted by molar-refractivity contribution is 5.85. The number of aromatic nitrogens is 4. The Balaban J connectivity index is 0.00000256. The van der Waals surface area contributed by atoms with Crippen LogP contribution in [0.3, 0.4) is 0 Å². The predicted octanol–water partition coefficient (Wildman–Crippen LogP) is 3.24. The fourth-order valence-corrected chi connectivity index (χ4v) is 4.12. The van der Waals surface area contributed by atoms with E-state index in [1.54, 1.807) is 0 Å². The number of hydrogen-bond acceptors (Lipinski definition) is 7. The SMILES string of the molecule is CCC(c1nnnn1C(C)(C)CC)N1CCN(Cc2ccc3c(c2)OCO3)CC1.Cl. The van der Waals surface area contributed by atoms with Gasteiger partial charge in [0.15, 0.2) is 17.3 Å². The van der Waals surface area contributed by atoms with Gasteiger partial charge in [-0.25, -0.2) is 4.68 Å². The fraction of sp³-hybridized carbons (Fsp3) is 0.667. The summed E-state index contributed by atoms with van der Waals surface area (Å²) in [5.41, 5.74) is 1.19. The topological polar surface area (TPSA) is 68.5 Å². The molecule has 1 unspecified atom stereocenters. The Morgan fingerprint density at radius 2 is 1.80 bits per heavy atom. The van der Waals surface area contributed by atoms with Crippen LogP contribution >= 0.6 is 12.4 Å². The van der Waals surface area contributed by atoms with Crippen molar-refractivity contribution < 1.29 is 9.47 Å². The van der Waals surface area contributed by atoms with Crippen LogP contribution in [-0.4, -0.2) is 63.0 Å². The van der Waals surface area contributed by atoms with Crippen molar-refractivity contribution >= 4 is 12.4 Å². The van der Waals surface area contributed by atoms with E-state index in [4.69, 9.17) is 9.47 Å². The Labute approximate surface area is 184 Å². The molecule has 8 nitrogen and oxygen atoms in total. The average Bonchev–Trinajstić information content (AvgIpc) is 3.39. The van der Waals surface area contributed by atoms with Crippen LogP contribution in [0, 0.1) is 0 Å². The van der Waals surface area contributed by atoms with Gasteiger partial charge in [0.25, 0.3) is 0 Å². The number of piperazine rings is 1. The van der Waals surface area contributed by atoms with Crippen molar-refractivity contribution in [3.63, 3.8) is 0 Å². The van der Waals surface area contributed by atoms with Gasteiger partial charge in [-0.05, 0) is 54.8 Å². The minimum Gasteiger partial charge on any atom is -0.454 e. The van der Waals surface area contributed by atoms with Gasteiger partial charge in [-0.2, -0.15) is 0 Å². The maximum absolute atomic E-state index is 5.51. The van der Waals surface area contributed by atoms with E-state index in [0.717, 1.165) is 62.9 Å². The molecule has 0 aliphatic carbocycles. The molecule has 0 amide bonds. The molecule has 0 saturated carbocycles. The summed E-state index contributed by atoms with van der Waals surface area (Å²) in [6, 6.07) is 6.50. The second kappa shape index (κ2) is 9.49. The van der Waals surface area contributed by atoms with E-state index >= 15 is 0 Å². The number of nitrogens with zero attached hydrogens (tertiary/aromatic N) is 6. The lowest BCUT2D eigenvalue weighted by molar-refractivity contribution is 0.0812. The number of rotatable bonds is 7. The largest absolute Gasteiger partial charge is 0.454 e. The summed E-state index contributed by atoms with van der Waals surface area (Å²) in [5.74, 6) is 2.69. The zero-order valence-corrected chi connectivity index (χ0v) is 19.2. The minimum absolute atomic E-state index is 0. The second-order valence-electron chi connectivity index (χ2n) is 8.54. The minimum atomic E-state index is -0.0760. The van der Waals surface area contributed by atoms with Crippen molar-refractivity contribution in [2.45, 2.75) is 58.7 Å². The Bertz CT molecular complexity index is 835. The first-order valence-electron chi connectivity index (χ1n) is 10.7. The van der Waals surface area contributed by atoms with Crippen LogP contribution in [0.25, 0.3) is 0 Å². The number of benzene rings is 1. The molecule has 2 aromatic rings. The number of fused-ring (bicyclic) bond motifs is 1. The Morgan fingerprint density at radius 1 is 1.07 bits per heavy atom. The molecule has 2 aliphatic rings. The first kappa shape index (κ1) is 22.8. The van der Waals surface area contributed by atoms with Crippen LogP contribution in [0.15, 0.2) is 18.2 Å². The molecule has 30 heavy (non-hydrogen) atoms. The molecule has 4 rings (SSSR count). The smallest absolute Gasteiger partial charge is 0.231 e. The van der Waals surface area contributed by atoms with Crippen molar-refractivity contribution in [1.82, 2.24) is 30.0 Å². The van der Waals surface area contributed by atoms with Crippen LogP contribution in [0.2, 0.25) is 0 Å². The van der Waals surface area contributed by atoms with Gasteiger partial charge in [0, 0.05) is 32.7 Å². The van der Waals surface area contributed by atoms with Gasteiger partial charge < -0.3 is 9.47 Å². The van der Waals surface area contributed by atoms with Crippen molar-refractivity contribution in [3.05, 3.63) is 29.6 Å². The third kappa shape index (κ3) is 4.55. The number of halogens is 1. The van der Waals surface area contributed by atoms with E-state index in [1.807, 2.05) is 10.7 Å². The Hall–Kier alpha value is -1.90. The Morgan fingerprint density at radius 3 is 2.50 bits per heavy atom. The molecule has 1 aromatic carbocycles. The van der Waals surface area contributed by atoms with Crippen molar-refractivity contribution in [2.75, 3.05) is 33.0 Å². The van der Waals surface area contributed by atoms with Crippen molar-refractivity contribution in [1.29, 1.82) is 0 Å². The molecule has 0 N–H and O–H groups in total. The van der Waals surface area contributed by atoms with E-state index < -0.39 is 0 Å². The van der Waals surface area contributed by atoms with Crippen LogP contribution in [-0.2, 0) is 12.1 Å². The molecule has 1 atom stereocenters. The van der Waals surface area contributed by atoms with Crippen molar-refractivity contribution in [3.8, 4) is 11.5 Å². The molecule has 1 fully saturated rings. The highest BCUT2D eigenvalue weighted by atomic mass is 35.5. The number of hydrogen-bond donors (Lipinski definition) is 0. The molecule has 1 saturated heterocycles. The lowest BCUT2D eigenvalue weighted by Gasteiger charge is -2.39. The summed E-state index contributed by atoms with van der Waals surface area (Å²) in [6.07, 6.45) is 1.99. The normalized spacial score (nSPS) is 18.3. The van der Waals surface area contributed by atoms with Crippen LogP contribution < -0.4 is 9.47 Å². The maximum Gasteiger partial charge on any atom is 0.231 e. The molecule has 0 bridgehead atoms. The first-order chi connectivity index (χ1) is 14.0. The number of tetrazole rings is 1. The molecule has 1 aromatic heterocycles. The third-order valence-electron chi connectivity index (χ3n) is 6.31. The first-order valence-corrected chi connectivity index (χ1v) is 10.7. The van der Waals surface area contributed by atoms with E-state index in [2.05, 4.69) is 65.2 Å². The molecule has 0 spiro atoms. The highest BCUT2D eigenvalue weighted by Crippen LogP contribution is 2.33. The average molecular weight is 437 g/mol. The monoisotopic (exact) mass is 436 g/mol. The van der Waals surface area contributed by atoms with Gasteiger partial charge >= 0.3 is 0 Å². The highest BCUT2D eigenvalue weighted by Gasteiger charge is 2.32. The zero-order valence-electron chi connectivity index (χ0n) is 18.4. The van der Waals surface area contributed by atoms with Gasteiger partial charge in [0.2, 0.25) is 6.79 Å². The quantitative estimate of drug-likeness (QED) is 0.659. The lowest BCUT2D eigenvalue weighted by atomic mass is 10.0. The van der Waals surface area contributed by atoms with Crippen LogP contribution in [0.4, 0.5) is 0 Å². The summed E-state index contributed by atoms with van der Waals surface area (Å²) in [7, 11) is 0. The van der Waals surface area contributed by atoms with E-state index in [0.29, 0.717) is 6.79 Å². The Kier molecular flexibility index (Phi) is 7.21. The van der Waals surface area contributed by atoms with Crippen LogP contribution in [0.1, 0.15) is 58.0 Å². The molecule has 0 radical (unpaired) electrons. The number of ether oxygens (including phenoxy) is 2. The molecular weight excluding hydrogens is 404 g/mol. The summed E-state index contributed by atoms with van der Waals surface area (Å²) in [4.78, 5) is 5.03. The molecule has 9 heteroatoms. The molecule has 166 valence electrons. The summed E-state index contributed by atoms with van der Waals surface area (Å²) >= 11 is 0. The van der Waals surface area contributed by atoms with Gasteiger partial charge in [-0.15, -0.1) is 17.5 Å². The van der Waals surface area contributed by atoms with Crippen molar-refractivity contribution in [2.24, 2.45) is 0 Å². The third-order valence-corrected chi connectivity index (χ3v) is 6.31. The van der Waals surface area contributed by atoms with Gasteiger partial charge in [-0.1, -0.05) is 19.9 Å². The fourth-order valence-electron chi connectivity index (χ4n) is 4.12. The van der Waals surface area contributed by atoms with Gasteiger partial charge in [-0.3, -0.25) is 9.80 Å². The molecule has 3 heterocycles. The molecular formula is C21H33ClN6O2. The molecule has 2 aliphatic heterocycles.